The Morgan fingerprint density at radius 1 is 1.40 bits per heavy atom. The number of benzene rings is 1. The number of aryl methyl sites for hydroxylation is 1. The maximum absolute atomic E-state index is 13.4. The molecule has 116 valence electrons. The summed E-state index contributed by atoms with van der Waals surface area (Å²) in [6.45, 7) is 8.14. The lowest BCUT2D eigenvalue weighted by atomic mass is 10.1. The van der Waals surface area contributed by atoms with Crippen molar-refractivity contribution in [3.05, 3.63) is 29.6 Å². The molecule has 20 heavy (non-hydrogen) atoms. The largest absolute Gasteiger partial charge is 0.489 e. The van der Waals surface area contributed by atoms with Gasteiger partial charge in [-0.1, -0.05) is 13.8 Å². The maximum atomic E-state index is 13.4. The van der Waals surface area contributed by atoms with Gasteiger partial charge in [0.05, 0.1) is 0 Å². The van der Waals surface area contributed by atoms with E-state index in [2.05, 4.69) is 5.32 Å². The number of ketones is 1. The number of hydrogen-bond donors (Lipinski definition) is 1. The quantitative estimate of drug-likeness (QED) is 0.831. The third-order valence-electron chi connectivity index (χ3n) is 2.53. The number of rotatable bonds is 7. The maximum Gasteiger partial charge on any atom is 0.130 e. The number of nitrogens with one attached hydrogen (secondary N) is 1. The average molecular weight is 285 g/mol. The van der Waals surface area contributed by atoms with Gasteiger partial charge in [0.15, 0.2) is 0 Å². The minimum Gasteiger partial charge on any atom is -0.489 e. The Hall–Kier alpha value is -1.42. The van der Waals surface area contributed by atoms with Crippen molar-refractivity contribution < 1.29 is 15.3 Å². The lowest BCUT2D eigenvalue weighted by Crippen LogP contribution is -2.26. The highest BCUT2D eigenvalue weighted by atomic mass is 19.1. The fourth-order valence-electron chi connectivity index (χ4n) is 1.71. The van der Waals surface area contributed by atoms with Gasteiger partial charge in [0.25, 0.3) is 0 Å². The number of likely N-dealkylation sites (N-methyl/N-ethyl adjacent to an activating group) is 1. The summed E-state index contributed by atoms with van der Waals surface area (Å²) < 4.78 is 19.0. The molecule has 0 spiro atoms. The molecule has 0 bridgehead atoms. The SMILES string of the molecule is CC.CNC[C@@H](C)Oc1cc(F)cc(CCC(C)=O)c1.[HH]. The van der Waals surface area contributed by atoms with Gasteiger partial charge in [-0.15, -0.1) is 0 Å². The van der Waals surface area contributed by atoms with Gasteiger partial charge in [-0.3, -0.25) is 0 Å². The molecule has 4 heteroatoms. The van der Waals surface area contributed by atoms with Crippen LogP contribution in [-0.2, 0) is 11.2 Å². The smallest absolute Gasteiger partial charge is 0.130 e. The van der Waals surface area contributed by atoms with E-state index in [0.29, 0.717) is 25.1 Å². The zero-order valence-electron chi connectivity index (χ0n) is 13.1. The summed E-state index contributed by atoms with van der Waals surface area (Å²) in [6, 6.07) is 4.60. The Morgan fingerprint density at radius 3 is 2.60 bits per heavy atom. The van der Waals surface area contributed by atoms with E-state index in [1.54, 1.807) is 6.07 Å². The van der Waals surface area contributed by atoms with E-state index in [9.17, 15) is 9.18 Å². The van der Waals surface area contributed by atoms with E-state index < -0.39 is 0 Å². The molecule has 0 saturated heterocycles. The van der Waals surface area contributed by atoms with Crippen LogP contribution in [0.25, 0.3) is 0 Å². The average Bonchev–Trinajstić information content (AvgIpc) is 2.38. The van der Waals surface area contributed by atoms with E-state index in [4.69, 9.17) is 4.74 Å². The van der Waals surface area contributed by atoms with E-state index >= 15 is 0 Å². The first-order chi connectivity index (χ1) is 9.51. The van der Waals surface area contributed by atoms with Crippen molar-refractivity contribution in [1.29, 1.82) is 0 Å². The molecule has 1 aromatic carbocycles. The zero-order valence-corrected chi connectivity index (χ0v) is 13.1. The minimum atomic E-state index is -0.331. The monoisotopic (exact) mass is 285 g/mol. The molecule has 0 heterocycles. The summed E-state index contributed by atoms with van der Waals surface area (Å²) in [5, 5.41) is 2.99. The first kappa shape index (κ1) is 18.6. The first-order valence-electron chi connectivity index (χ1n) is 7.11. The fourth-order valence-corrected chi connectivity index (χ4v) is 1.71. The second kappa shape index (κ2) is 10.4. The van der Waals surface area contributed by atoms with Gasteiger partial charge < -0.3 is 14.8 Å². The van der Waals surface area contributed by atoms with E-state index in [1.165, 1.54) is 19.1 Å². The number of Topliss-reactive ketones (excluding diaryl/α,β-unsaturated/α-hetero) is 1. The molecule has 0 radical (unpaired) electrons. The van der Waals surface area contributed by atoms with Crippen LogP contribution in [0.4, 0.5) is 4.39 Å². The van der Waals surface area contributed by atoms with E-state index in [0.717, 1.165) is 5.56 Å². The molecule has 0 amide bonds. The van der Waals surface area contributed by atoms with Crippen molar-refractivity contribution in [2.24, 2.45) is 0 Å². The molecule has 1 atom stereocenters. The fraction of sp³-hybridized carbons (Fsp3) is 0.562. The van der Waals surface area contributed by atoms with Crippen molar-refractivity contribution in [3.63, 3.8) is 0 Å². The highest BCUT2D eigenvalue weighted by Crippen LogP contribution is 2.19. The van der Waals surface area contributed by atoms with Crippen LogP contribution in [0.15, 0.2) is 18.2 Å². The van der Waals surface area contributed by atoms with Crippen molar-refractivity contribution in [3.8, 4) is 5.75 Å². The van der Waals surface area contributed by atoms with Crippen LogP contribution in [0.5, 0.6) is 5.75 Å². The summed E-state index contributed by atoms with van der Waals surface area (Å²) in [7, 11) is 1.84. The van der Waals surface area contributed by atoms with Crippen LogP contribution < -0.4 is 10.1 Å². The van der Waals surface area contributed by atoms with Crippen LogP contribution in [0.2, 0.25) is 0 Å². The van der Waals surface area contributed by atoms with Crippen LogP contribution >= 0.6 is 0 Å². The predicted octanol–water partition coefficient (Wildman–Crippen LogP) is 3.61. The van der Waals surface area contributed by atoms with Crippen molar-refractivity contribution in [1.82, 2.24) is 5.32 Å². The van der Waals surface area contributed by atoms with Gasteiger partial charge in [-0.2, -0.15) is 0 Å². The highest BCUT2D eigenvalue weighted by molar-refractivity contribution is 5.75. The first-order valence-corrected chi connectivity index (χ1v) is 7.11. The van der Waals surface area contributed by atoms with Gasteiger partial charge >= 0.3 is 0 Å². The molecule has 0 unspecified atom stereocenters. The summed E-state index contributed by atoms with van der Waals surface area (Å²) in [4.78, 5) is 10.9. The van der Waals surface area contributed by atoms with Crippen LogP contribution in [-0.4, -0.2) is 25.5 Å². The van der Waals surface area contributed by atoms with E-state index in [-0.39, 0.29) is 19.1 Å². The number of halogens is 1. The number of ether oxygens (including phenoxy) is 1. The Morgan fingerprint density at radius 2 is 2.05 bits per heavy atom. The molecule has 0 aromatic heterocycles. The molecular weight excluding hydrogens is 257 g/mol. The molecule has 0 aliphatic carbocycles. The standard InChI is InChI=1S/C14H20FNO2.C2H6.H2/c1-10(17)4-5-12-6-13(15)8-14(7-12)18-11(2)9-16-3;1-2;/h6-8,11,16H,4-5,9H2,1-3H3;1-2H3;1H/t11-;;/m1../s1. The molecule has 0 aliphatic rings. The third-order valence-corrected chi connectivity index (χ3v) is 2.53. The predicted molar refractivity (Wildman–Crippen MR) is 82.9 cm³/mol. The van der Waals surface area contributed by atoms with Crippen molar-refractivity contribution in [2.45, 2.75) is 46.6 Å². The van der Waals surface area contributed by atoms with Crippen molar-refractivity contribution in [2.75, 3.05) is 13.6 Å². The highest BCUT2D eigenvalue weighted by Gasteiger charge is 2.07. The molecule has 0 saturated carbocycles. The van der Waals surface area contributed by atoms with Crippen molar-refractivity contribution >= 4 is 5.78 Å². The molecule has 0 fully saturated rings. The van der Waals surface area contributed by atoms with Gasteiger partial charge in [-0.25, -0.2) is 4.39 Å². The molecule has 3 nitrogen and oxygen atoms in total. The lowest BCUT2D eigenvalue weighted by Gasteiger charge is -2.15. The molecular formula is C16H28FNO2. The van der Waals surface area contributed by atoms with Crippen LogP contribution in [0.3, 0.4) is 0 Å². The summed E-state index contributed by atoms with van der Waals surface area (Å²) in [5.74, 6) is 0.282. The van der Waals surface area contributed by atoms with Gasteiger partial charge in [-0.05, 0) is 45.0 Å². The number of carbonyl (C=O) groups is 1. The lowest BCUT2D eigenvalue weighted by molar-refractivity contribution is -0.116. The van der Waals surface area contributed by atoms with Gasteiger partial charge in [0.1, 0.15) is 23.5 Å². The normalized spacial score (nSPS) is 11.3. The Balaban J connectivity index is 0. The van der Waals surface area contributed by atoms with Crippen LogP contribution in [0.1, 0.15) is 41.1 Å². The molecule has 0 aliphatic heterocycles. The minimum absolute atomic E-state index is 0. The molecule has 1 rings (SSSR count). The van der Waals surface area contributed by atoms with Gasteiger partial charge in [0.2, 0.25) is 0 Å². The Bertz CT molecular complexity index is 413. The number of hydrogen-bond acceptors (Lipinski definition) is 3. The second-order valence-electron chi connectivity index (χ2n) is 4.48. The number of carbonyl (C=O) groups excluding carboxylic acids is 1. The topological polar surface area (TPSA) is 38.3 Å². The summed E-state index contributed by atoms with van der Waals surface area (Å²) in [5.41, 5.74) is 0.789. The Kier molecular flexibility index (Phi) is 9.64. The Labute approximate surface area is 123 Å². The van der Waals surface area contributed by atoms with Crippen LogP contribution in [0, 0.1) is 5.82 Å². The molecule has 1 aromatic rings. The van der Waals surface area contributed by atoms with Gasteiger partial charge in [0, 0.05) is 20.5 Å². The zero-order chi connectivity index (χ0) is 15.5. The second-order valence-corrected chi connectivity index (χ2v) is 4.48. The summed E-state index contributed by atoms with van der Waals surface area (Å²) in [6.07, 6.45) is 0.941. The molecule has 1 N–H and O–H groups in total. The summed E-state index contributed by atoms with van der Waals surface area (Å²) >= 11 is 0. The van der Waals surface area contributed by atoms with E-state index in [1.807, 2.05) is 27.8 Å². The third kappa shape index (κ3) is 7.89.